The summed E-state index contributed by atoms with van der Waals surface area (Å²) in [6.45, 7) is 1.48. The van der Waals surface area contributed by atoms with Gasteiger partial charge in [0, 0.05) is 39.1 Å². The topological polar surface area (TPSA) is 215 Å². The highest BCUT2D eigenvalue weighted by molar-refractivity contribution is 5.85. The van der Waals surface area contributed by atoms with Gasteiger partial charge in [-0.25, -0.2) is 0 Å². The summed E-state index contributed by atoms with van der Waals surface area (Å²) in [6.07, 6.45) is 1.72. The predicted molar refractivity (Wildman–Crippen MR) is 163 cm³/mol. The first kappa shape index (κ1) is 35.8. The van der Waals surface area contributed by atoms with Gasteiger partial charge in [-0.2, -0.15) is 0 Å². The zero-order valence-electron chi connectivity index (χ0n) is 24.7. The van der Waals surface area contributed by atoms with Gasteiger partial charge in [0.25, 0.3) is 5.91 Å². The van der Waals surface area contributed by atoms with Gasteiger partial charge in [0.15, 0.2) is 0 Å². The molecule has 0 bridgehead atoms. The van der Waals surface area contributed by atoms with Crippen LogP contribution < -0.4 is 32.5 Å². The maximum Gasteiger partial charge on any atom is 0.317 e. The van der Waals surface area contributed by atoms with Crippen molar-refractivity contribution in [3.05, 3.63) is 71.3 Å². The van der Waals surface area contributed by atoms with Gasteiger partial charge >= 0.3 is 11.9 Å². The van der Waals surface area contributed by atoms with Crippen molar-refractivity contribution >= 4 is 29.7 Å². The van der Waals surface area contributed by atoms with Crippen molar-refractivity contribution in [3.8, 4) is 0 Å². The third kappa shape index (κ3) is 16.3. The number of carbonyl (C=O) groups is 5. The summed E-state index contributed by atoms with van der Waals surface area (Å²) in [5, 5.41) is 25.9. The number of carboxylic acids is 2. The molecule has 14 heteroatoms. The van der Waals surface area contributed by atoms with E-state index in [0.717, 1.165) is 16.7 Å². The molecule has 240 valence electrons. The molecule has 0 radical (unpaired) electrons. The van der Waals surface area contributed by atoms with Crippen molar-refractivity contribution < 1.29 is 34.2 Å². The number of rotatable bonds is 21. The quantitative estimate of drug-likeness (QED) is 0.0631. The molecule has 14 nitrogen and oxygen atoms in total. The minimum atomic E-state index is -0.980. The number of carboxylic acid groups (broad SMARTS) is 2. The van der Waals surface area contributed by atoms with Crippen LogP contribution in [-0.4, -0.2) is 96.6 Å². The molecular formula is C30H43N7O7. The second-order valence-corrected chi connectivity index (χ2v) is 10.2. The molecule has 0 fully saturated rings. The molecule has 0 unspecified atom stereocenters. The van der Waals surface area contributed by atoms with Crippen LogP contribution in [0.2, 0.25) is 0 Å². The number of benzene rings is 2. The Bertz CT molecular complexity index is 1170. The van der Waals surface area contributed by atoms with Gasteiger partial charge in [0.2, 0.25) is 11.8 Å². The molecule has 2 rings (SSSR count). The van der Waals surface area contributed by atoms with Gasteiger partial charge in [-0.1, -0.05) is 54.6 Å². The number of hydrazine groups is 1. The van der Waals surface area contributed by atoms with Crippen molar-refractivity contribution in [3.63, 3.8) is 0 Å². The molecule has 2 aromatic rings. The van der Waals surface area contributed by atoms with E-state index in [4.69, 9.17) is 15.9 Å². The molecule has 44 heavy (non-hydrogen) atoms. The average Bonchev–Trinajstić information content (AvgIpc) is 3.01. The Morgan fingerprint density at radius 2 is 1.30 bits per heavy atom. The van der Waals surface area contributed by atoms with Crippen molar-refractivity contribution in [1.82, 2.24) is 31.7 Å². The summed E-state index contributed by atoms with van der Waals surface area (Å²) in [5.41, 5.74) is 13.6. The molecule has 3 amide bonds. The number of aryl methyl sites for hydroxylation is 2. The maximum absolute atomic E-state index is 12.5. The van der Waals surface area contributed by atoms with E-state index in [0.29, 0.717) is 52.0 Å². The standard InChI is InChI=1S/C30H43N7O7/c31-25(12-10-22-4-2-1-3-5-22)30(44)36-35-26(38)13-11-23-6-8-24(9-7-23)18-34-27(39)21-37(16-14-32-19-28(40)41)17-15-33-20-29(42)43/h1-9,25,32-33H,10-21,31H2,(H,34,39)(H,35,38)(H,36,44)(H,40,41)(H,42,43)/t25-/m1/s1. The Kier molecular flexibility index (Phi) is 16.7. The van der Waals surface area contributed by atoms with E-state index in [2.05, 4.69) is 26.8 Å². The van der Waals surface area contributed by atoms with Crippen LogP contribution in [0, 0.1) is 0 Å². The molecule has 0 spiro atoms. The van der Waals surface area contributed by atoms with Crippen LogP contribution in [0.15, 0.2) is 54.6 Å². The van der Waals surface area contributed by atoms with Crippen LogP contribution in [0.5, 0.6) is 0 Å². The molecule has 1 atom stereocenters. The van der Waals surface area contributed by atoms with E-state index >= 15 is 0 Å². The van der Waals surface area contributed by atoms with E-state index < -0.39 is 23.9 Å². The first-order valence-corrected chi connectivity index (χ1v) is 14.4. The van der Waals surface area contributed by atoms with Crippen molar-refractivity contribution in [2.45, 2.75) is 38.3 Å². The molecule has 9 N–H and O–H groups in total. The Labute approximate surface area is 256 Å². The van der Waals surface area contributed by atoms with E-state index in [1.54, 1.807) is 4.90 Å². The molecule has 0 aliphatic carbocycles. The highest BCUT2D eigenvalue weighted by Gasteiger charge is 2.15. The summed E-state index contributed by atoms with van der Waals surface area (Å²) >= 11 is 0. The van der Waals surface area contributed by atoms with Crippen LogP contribution in [0.25, 0.3) is 0 Å². The largest absolute Gasteiger partial charge is 0.480 e. The third-order valence-corrected chi connectivity index (χ3v) is 6.53. The Hall–Kier alpha value is -4.37. The first-order chi connectivity index (χ1) is 21.1. The fourth-order valence-corrected chi connectivity index (χ4v) is 4.06. The molecule has 0 heterocycles. The minimum absolute atomic E-state index is 0.0607. The number of nitrogens with zero attached hydrogens (tertiary/aromatic N) is 1. The fraction of sp³-hybridized carbons (Fsp3) is 0.433. The number of hydrogen-bond donors (Lipinski definition) is 8. The molecular weight excluding hydrogens is 570 g/mol. The predicted octanol–water partition coefficient (Wildman–Crippen LogP) is -1.01. The fourth-order valence-electron chi connectivity index (χ4n) is 4.06. The van der Waals surface area contributed by atoms with Gasteiger partial charge in [0.1, 0.15) is 0 Å². The van der Waals surface area contributed by atoms with Crippen LogP contribution in [0.4, 0.5) is 0 Å². The summed E-state index contributed by atoms with van der Waals surface area (Å²) in [6, 6.07) is 16.4. The summed E-state index contributed by atoms with van der Waals surface area (Å²) in [5.74, 6) is -2.99. The summed E-state index contributed by atoms with van der Waals surface area (Å²) in [4.78, 5) is 60.1. The lowest BCUT2D eigenvalue weighted by Crippen LogP contribution is -2.49. The maximum atomic E-state index is 12.5. The van der Waals surface area contributed by atoms with Gasteiger partial charge in [-0.3, -0.25) is 39.7 Å². The summed E-state index contributed by atoms with van der Waals surface area (Å²) in [7, 11) is 0. The Morgan fingerprint density at radius 1 is 0.727 bits per heavy atom. The number of hydrogen-bond acceptors (Lipinski definition) is 9. The minimum Gasteiger partial charge on any atom is -0.480 e. The van der Waals surface area contributed by atoms with E-state index in [-0.39, 0.29) is 37.9 Å². The molecule has 0 saturated carbocycles. The normalized spacial score (nSPS) is 11.5. The van der Waals surface area contributed by atoms with Crippen molar-refractivity contribution in [1.29, 1.82) is 0 Å². The van der Waals surface area contributed by atoms with E-state index in [9.17, 15) is 24.0 Å². The highest BCUT2D eigenvalue weighted by atomic mass is 16.4. The van der Waals surface area contributed by atoms with Crippen LogP contribution in [0.1, 0.15) is 29.5 Å². The van der Waals surface area contributed by atoms with Crippen LogP contribution >= 0.6 is 0 Å². The zero-order chi connectivity index (χ0) is 32.2. The highest BCUT2D eigenvalue weighted by Crippen LogP contribution is 2.07. The van der Waals surface area contributed by atoms with Crippen molar-refractivity contribution in [2.24, 2.45) is 5.73 Å². The average molecular weight is 614 g/mol. The van der Waals surface area contributed by atoms with Gasteiger partial charge in [-0.15, -0.1) is 0 Å². The number of carbonyl (C=O) groups excluding carboxylic acids is 3. The third-order valence-electron chi connectivity index (χ3n) is 6.53. The smallest absolute Gasteiger partial charge is 0.317 e. The number of nitrogens with one attached hydrogen (secondary N) is 5. The second-order valence-electron chi connectivity index (χ2n) is 10.2. The lowest BCUT2D eigenvalue weighted by Gasteiger charge is -2.22. The van der Waals surface area contributed by atoms with Gasteiger partial charge < -0.3 is 31.9 Å². The molecule has 0 aliphatic heterocycles. The monoisotopic (exact) mass is 613 g/mol. The zero-order valence-corrected chi connectivity index (χ0v) is 24.7. The number of amides is 3. The van der Waals surface area contributed by atoms with Gasteiger partial charge in [-0.05, 0) is 36.0 Å². The molecule has 0 aliphatic rings. The molecule has 0 saturated heterocycles. The van der Waals surface area contributed by atoms with Gasteiger partial charge in [0.05, 0.1) is 25.7 Å². The number of aliphatic carboxylic acids is 2. The van der Waals surface area contributed by atoms with Crippen LogP contribution in [0.3, 0.4) is 0 Å². The van der Waals surface area contributed by atoms with Crippen molar-refractivity contribution in [2.75, 3.05) is 45.8 Å². The lowest BCUT2D eigenvalue weighted by molar-refractivity contribution is -0.136. The number of nitrogens with two attached hydrogens (primary N) is 1. The molecule has 2 aromatic carbocycles. The molecule has 0 aromatic heterocycles. The van der Waals surface area contributed by atoms with E-state index in [1.165, 1.54) is 0 Å². The van der Waals surface area contributed by atoms with Crippen LogP contribution in [-0.2, 0) is 43.4 Å². The Balaban J connectivity index is 1.68. The summed E-state index contributed by atoms with van der Waals surface area (Å²) < 4.78 is 0. The first-order valence-electron chi connectivity index (χ1n) is 14.4. The lowest BCUT2D eigenvalue weighted by atomic mass is 10.1. The SMILES string of the molecule is N[C@H](CCc1ccccc1)C(=O)NNC(=O)CCc1ccc(CNC(=O)CN(CCNCC(=O)O)CCNCC(=O)O)cc1. The van der Waals surface area contributed by atoms with E-state index in [1.807, 2.05) is 54.6 Å². The Morgan fingerprint density at radius 3 is 1.89 bits per heavy atom. The second kappa shape index (κ2) is 20.5.